The maximum absolute atomic E-state index is 12.3. The largest absolute Gasteiger partial charge is 0.365 e. The second-order valence-corrected chi connectivity index (χ2v) is 7.72. The van der Waals surface area contributed by atoms with E-state index in [1.165, 1.54) is 11.3 Å². The van der Waals surface area contributed by atoms with Crippen molar-refractivity contribution in [3.63, 3.8) is 0 Å². The molecule has 0 saturated heterocycles. The molecular formula is C18H20ClN3O2S. The number of amides is 3. The van der Waals surface area contributed by atoms with Crippen LogP contribution in [0, 0.1) is 5.92 Å². The average molecular weight is 378 g/mol. The molecule has 25 heavy (non-hydrogen) atoms. The van der Waals surface area contributed by atoms with Crippen LogP contribution in [0.5, 0.6) is 0 Å². The number of primary amides is 1. The molecule has 0 aliphatic heterocycles. The Kier molecular flexibility index (Phi) is 5.30. The highest BCUT2D eigenvalue weighted by atomic mass is 35.5. The predicted molar refractivity (Wildman–Crippen MR) is 103 cm³/mol. The van der Waals surface area contributed by atoms with E-state index >= 15 is 0 Å². The van der Waals surface area contributed by atoms with E-state index in [9.17, 15) is 9.59 Å². The first kappa shape index (κ1) is 17.8. The molecule has 1 aromatic heterocycles. The van der Waals surface area contributed by atoms with E-state index in [-0.39, 0.29) is 0 Å². The molecule has 4 N–H and O–H groups in total. The van der Waals surface area contributed by atoms with Gasteiger partial charge in [0.1, 0.15) is 5.00 Å². The Morgan fingerprint density at radius 1 is 1.36 bits per heavy atom. The Hall–Kier alpha value is -2.05. The fourth-order valence-corrected chi connectivity index (χ4v) is 4.74. The number of halogens is 1. The number of rotatable bonds is 4. The highest BCUT2D eigenvalue weighted by molar-refractivity contribution is 7.17. The molecule has 0 spiro atoms. The van der Waals surface area contributed by atoms with Gasteiger partial charge < -0.3 is 11.1 Å². The number of carbonyl (C=O) groups is 2. The second-order valence-electron chi connectivity index (χ2n) is 6.18. The van der Waals surface area contributed by atoms with Crippen LogP contribution in [0.1, 0.15) is 40.6 Å². The number of nitrogens with one attached hydrogen (secondary N) is 2. The molecule has 0 bridgehead atoms. The minimum Gasteiger partial charge on any atom is -0.365 e. The van der Waals surface area contributed by atoms with Crippen molar-refractivity contribution in [3.05, 3.63) is 45.3 Å². The van der Waals surface area contributed by atoms with Crippen molar-refractivity contribution in [2.45, 2.75) is 32.6 Å². The zero-order valence-corrected chi connectivity index (χ0v) is 15.5. The van der Waals surface area contributed by atoms with Gasteiger partial charge in [-0.2, -0.15) is 0 Å². The standard InChI is InChI=1S/C18H20ClN3O2S/c1-2-10-6-7-13-14(8-10)25-17(15(13)16(20)23)22-18(24)21-12-5-3-4-11(19)9-12/h3-5,9-10H,2,6-8H2,1H3,(H2,20,23)(H2,21,22,24)/t10-/m0/s1. The molecule has 7 heteroatoms. The van der Waals surface area contributed by atoms with Crippen LogP contribution in [0.15, 0.2) is 24.3 Å². The van der Waals surface area contributed by atoms with Crippen LogP contribution in [0.2, 0.25) is 5.02 Å². The van der Waals surface area contributed by atoms with Crippen LogP contribution in [0.25, 0.3) is 0 Å². The summed E-state index contributed by atoms with van der Waals surface area (Å²) in [5.41, 5.74) is 7.61. The Balaban J connectivity index is 1.81. The van der Waals surface area contributed by atoms with E-state index in [4.69, 9.17) is 17.3 Å². The third-order valence-corrected chi connectivity index (χ3v) is 5.91. The number of fused-ring (bicyclic) bond motifs is 1. The van der Waals surface area contributed by atoms with Gasteiger partial charge in [-0.25, -0.2) is 4.79 Å². The number of nitrogens with two attached hydrogens (primary N) is 1. The molecule has 1 heterocycles. The van der Waals surface area contributed by atoms with Crippen LogP contribution >= 0.6 is 22.9 Å². The first-order valence-electron chi connectivity index (χ1n) is 8.25. The third kappa shape index (κ3) is 3.96. The highest BCUT2D eigenvalue weighted by Gasteiger charge is 2.28. The Bertz CT molecular complexity index is 819. The topological polar surface area (TPSA) is 84.2 Å². The predicted octanol–water partition coefficient (Wildman–Crippen LogP) is 4.66. The van der Waals surface area contributed by atoms with E-state index in [0.29, 0.717) is 27.2 Å². The zero-order chi connectivity index (χ0) is 18.0. The minimum absolute atomic E-state index is 0.421. The summed E-state index contributed by atoms with van der Waals surface area (Å²) in [7, 11) is 0. The Morgan fingerprint density at radius 2 is 2.16 bits per heavy atom. The van der Waals surface area contributed by atoms with Crippen molar-refractivity contribution in [1.82, 2.24) is 0 Å². The molecule has 0 saturated carbocycles. The van der Waals surface area contributed by atoms with Gasteiger partial charge in [-0.1, -0.05) is 31.0 Å². The lowest BCUT2D eigenvalue weighted by molar-refractivity contribution is 0.1000. The molecule has 1 atom stereocenters. The molecule has 2 aromatic rings. The smallest absolute Gasteiger partial charge is 0.324 e. The summed E-state index contributed by atoms with van der Waals surface area (Å²) in [5.74, 6) is 0.130. The lowest BCUT2D eigenvalue weighted by atomic mass is 9.85. The van der Waals surface area contributed by atoms with Crippen molar-refractivity contribution in [2.75, 3.05) is 10.6 Å². The summed E-state index contributed by atoms with van der Waals surface area (Å²) in [5, 5.41) is 6.55. The fourth-order valence-electron chi connectivity index (χ4n) is 3.18. The van der Waals surface area contributed by atoms with E-state index in [1.807, 2.05) is 0 Å². The van der Waals surface area contributed by atoms with Crippen molar-refractivity contribution in [2.24, 2.45) is 11.7 Å². The van der Waals surface area contributed by atoms with Gasteiger partial charge in [0.05, 0.1) is 5.56 Å². The van der Waals surface area contributed by atoms with Gasteiger partial charge in [-0.3, -0.25) is 10.1 Å². The first-order chi connectivity index (χ1) is 12.0. The number of hydrogen-bond acceptors (Lipinski definition) is 3. The second kappa shape index (κ2) is 7.45. The normalized spacial score (nSPS) is 16.2. The van der Waals surface area contributed by atoms with Crippen molar-refractivity contribution < 1.29 is 9.59 Å². The molecule has 1 aliphatic carbocycles. The molecule has 0 radical (unpaired) electrons. The fraction of sp³-hybridized carbons (Fsp3) is 0.333. The molecule has 3 rings (SSSR count). The van der Waals surface area contributed by atoms with Gasteiger partial charge in [0.2, 0.25) is 0 Å². The molecular weight excluding hydrogens is 358 g/mol. The molecule has 5 nitrogen and oxygen atoms in total. The van der Waals surface area contributed by atoms with Gasteiger partial charge in [0.25, 0.3) is 5.91 Å². The quantitative estimate of drug-likeness (QED) is 0.723. The van der Waals surface area contributed by atoms with Crippen LogP contribution in [0.4, 0.5) is 15.5 Å². The zero-order valence-electron chi connectivity index (χ0n) is 13.9. The number of anilines is 2. The molecule has 1 aliphatic rings. The monoisotopic (exact) mass is 377 g/mol. The van der Waals surface area contributed by atoms with Crippen LogP contribution in [0.3, 0.4) is 0 Å². The number of hydrogen-bond donors (Lipinski definition) is 3. The van der Waals surface area contributed by atoms with Crippen molar-refractivity contribution in [3.8, 4) is 0 Å². The van der Waals surface area contributed by atoms with Gasteiger partial charge in [0, 0.05) is 15.6 Å². The molecule has 0 unspecified atom stereocenters. The minimum atomic E-state index is -0.495. The van der Waals surface area contributed by atoms with Crippen LogP contribution in [-0.2, 0) is 12.8 Å². The maximum atomic E-state index is 12.3. The summed E-state index contributed by atoms with van der Waals surface area (Å²) in [6, 6.07) is 6.46. The summed E-state index contributed by atoms with van der Waals surface area (Å²) in [6.45, 7) is 2.18. The number of thiophene rings is 1. The van der Waals surface area contributed by atoms with Gasteiger partial charge >= 0.3 is 6.03 Å². The van der Waals surface area contributed by atoms with E-state index in [2.05, 4.69) is 17.6 Å². The highest BCUT2D eigenvalue weighted by Crippen LogP contribution is 2.40. The summed E-state index contributed by atoms with van der Waals surface area (Å²) in [4.78, 5) is 25.4. The summed E-state index contributed by atoms with van der Waals surface area (Å²) in [6.07, 6.45) is 3.94. The molecule has 0 fully saturated rings. The maximum Gasteiger partial charge on any atom is 0.324 e. The van der Waals surface area contributed by atoms with Gasteiger partial charge in [-0.05, 0) is 48.9 Å². The Labute approximate surface area is 155 Å². The van der Waals surface area contributed by atoms with Gasteiger partial charge in [-0.15, -0.1) is 11.3 Å². The van der Waals surface area contributed by atoms with Crippen molar-refractivity contribution in [1.29, 1.82) is 0 Å². The van der Waals surface area contributed by atoms with E-state index in [1.54, 1.807) is 24.3 Å². The SMILES string of the molecule is CC[C@H]1CCc2c(sc(NC(=O)Nc3cccc(Cl)c3)c2C(N)=O)C1. The molecule has 1 aromatic carbocycles. The van der Waals surface area contributed by atoms with Crippen molar-refractivity contribution >= 4 is 45.6 Å². The number of carbonyl (C=O) groups excluding carboxylic acids is 2. The van der Waals surface area contributed by atoms with E-state index in [0.717, 1.165) is 36.1 Å². The average Bonchev–Trinajstić information content (AvgIpc) is 2.91. The van der Waals surface area contributed by atoms with E-state index < -0.39 is 11.9 Å². The third-order valence-electron chi connectivity index (χ3n) is 4.50. The summed E-state index contributed by atoms with van der Waals surface area (Å²) >= 11 is 7.37. The lowest BCUT2D eigenvalue weighted by Crippen LogP contribution is -2.22. The summed E-state index contributed by atoms with van der Waals surface area (Å²) < 4.78 is 0. The molecule has 132 valence electrons. The van der Waals surface area contributed by atoms with Crippen LogP contribution in [-0.4, -0.2) is 11.9 Å². The lowest BCUT2D eigenvalue weighted by Gasteiger charge is -2.20. The van der Waals surface area contributed by atoms with Crippen LogP contribution < -0.4 is 16.4 Å². The Morgan fingerprint density at radius 3 is 2.84 bits per heavy atom. The first-order valence-corrected chi connectivity index (χ1v) is 9.45. The molecule has 3 amide bonds. The number of benzene rings is 1. The van der Waals surface area contributed by atoms with Gasteiger partial charge in [0.15, 0.2) is 0 Å². The number of urea groups is 1.